The lowest BCUT2D eigenvalue weighted by Gasteiger charge is -2.55. The zero-order valence-electron chi connectivity index (χ0n) is 22.1. The quantitative estimate of drug-likeness (QED) is 0.205. The molecule has 7 heteroatoms. The van der Waals surface area contributed by atoms with Gasteiger partial charge in [-0.1, -0.05) is 32.9 Å². The number of nitro groups is 1. The Balaban J connectivity index is 1.14. The number of esters is 1. The second-order valence-electron chi connectivity index (χ2n) is 12.7. The van der Waals surface area contributed by atoms with E-state index in [1.165, 1.54) is 43.5 Å². The second kappa shape index (κ2) is 9.19. The summed E-state index contributed by atoms with van der Waals surface area (Å²) in [5.74, 6) is 2.15. The minimum atomic E-state index is -0.465. The van der Waals surface area contributed by atoms with E-state index in [1.54, 1.807) is 0 Å². The lowest BCUT2D eigenvalue weighted by atomic mass is 9.50. The van der Waals surface area contributed by atoms with Gasteiger partial charge in [-0.2, -0.15) is 0 Å². The molecule has 1 spiro atoms. The summed E-state index contributed by atoms with van der Waals surface area (Å²) >= 11 is 0. The molecule has 6 rings (SSSR count). The van der Waals surface area contributed by atoms with Crippen LogP contribution in [0.25, 0.3) is 0 Å². The fraction of sp³-hybridized carbons (Fsp3) is 0.700. The van der Waals surface area contributed by atoms with Gasteiger partial charge in [0.2, 0.25) is 0 Å². The molecule has 2 heterocycles. The predicted molar refractivity (Wildman–Crippen MR) is 138 cm³/mol. The van der Waals surface area contributed by atoms with Gasteiger partial charge in [-0.05, 0) is 79.7 Å². The van der Waals surface area contributed by atoms with Crippen LogP contribution < -0.4 is 0 Å². The molecule has 2 saturated carbocycles. The van der Waals surface area contributed by atoms with Crippen LogP contribution in [0.4, 0.5) is 5.69 Å². The van der Waals surface area contributed by atoms with Crippen molar-refractivity contribution in [2.75, 3.05) is 6.61 Å². The summed E-state index contributed by atoms with van der Waals surface area (Å²) in [6, 6.07) is 5.65. The Morgan fingerprint density at radius 3 is 2.57 bits per heavy atom. The number of hydrogen-bond acceptors (Lipinski definition) is 6. The lowest BCUT2D eigenvalue weighted by molar-refractivity contribution is -0.384. The van der Waals surface area contributed by atoms with E-state index in [1.807, 2.05) is 0 Å². The van der Waals surface area contributed by atoms with Crippen LogP contribution in [-0.2, 0) is 14.2 Å². The summed E-state index contributed by atoms with van der Waals surface area (Å²) in [6.07, 6.45) is 12.2. The third-order valence-electron chi connectivity index (χ3n) is 10.7. The topological polar surface area (TPSA) is 87.9 Å². The summed E-state index contributed by atoms with van der Waals surface area (Å²) in [7, 11) is 0. The number of nitrogens with zero attached hydrogens (tertiary/aromatic N) is 1. The number of fused-ring (bicyclic) bond motifs is 5. The molecule has 2 aliphatic heterocycles. The Morgan fingerprint density at radius 1 is 1.08 bits per heavy atom. The molecule has 0 N–H and O–H groups in total. The normalized spacial score (nSPS) is 44.5. The molecule has 0 bridgehead atoms. The monoisotopic (exact) mass is 509 g/mol. The fourth-order valence-corrected chi connectivity index (χ4v) is 8.35. The van der Waals surface area contributed by atoms with Gasteiger partial charge in [0.15, 0.2) is 5.79 Å². The highest BCUT2D eigenvalue weighted by Crippen LogP contribution is 2.62. The zero-order chi connectivity index (χ0) is 25.9. The lowest BCUT2D eigenvalue weighted by Crippen LogP contribution is -2.52. The number of carbonyl (C=O) groups excluding carboxylic acids is 1. The molecular formula is C30H39NO6. The van der Waals surface area contributed by atoms with Crippen molar-refractivity contribution in [3.05, 3.63) is 52.1 Å². The van der Waals surface area contributed by atoms with Gasteiger partial charge in [0.05, 0.1) is 23.2 Å². The molecule has 0 radical (unpaired) electrons. The number of non-ortho nitro benzene ring substituents is 1. The maximum absolute atomic E-state index is 12.7. The smallest absolute Gasteiger partial charge is 0.338 e. The molecule has 3 aliphatic carbocycles. The summed E-state index contributed by atoms with van der Waals surface area (Å²) < 4.78 is 19.2. The molecule has 4 fully saturated rings. The Bertz CT molecular complexity index is 1080. The molecule has 37 heavy (non-hydrogen) atoms. The van der Waals surface area contributed by atoms with Gasteiger partial charge < -0.3 is 14.2 Å². The first kappa shape index (κ1) is 25.1. The molecule has 7 nitrogen and oxygen atoms in total. The molecule has 200 valence electrons. The summed E-state index contributed by atoms with van der Waals surface area (Å²) in [4.78, 5) is 23.2. The number of hydrogen-bond donors (Lipinski definition) is 0. The van der Waals surface area contributed by atoms with Crippen molar-refractivity contribution in [1.82, 2.24) is 0 Å². The van der Waals surface area contributed by atoms with E-state index in [-0.39, 0.29) is 23.3 Å². The van der Waals surface area contributed by atoms with Crippen LogP contribution in [0.3, 0.4) is 0 Å². The van der Waals surface area contributed by atoms with Gasteiger partial charge in [0.1, 0.15) is 6.10 Å². The number of carbonyl (C=O) groups is 1. The van der Waals surface area contributed by atoms with Crippen LogP contribution in [0.5, 0.6) is 0 Å². The third kappa shape index (κ3) is 4.13. The minimum Gasteiger partial charge on any atom is -0.459 e. The van der Waals surface area contributed by atoms with Crippen molar-refractivity contribution < 1.29 is 23.9 Å². The van der Waals surface area contributed by atoms with Crippen LogP contribution in [-0.4, -0.2) is 35.5 Å². The molecule has 1 aromatic rings. The van der Waals surface area contributed by atoms with E-state index >= 15 is 0 Å². The average Bonchev–Trinajstić information content (AvgIpc) is 3.17. The molecule has 0 amide bonds. The molecule has 10 atom stereocenters. The average molecular weight is 510 g/mol. The van der Waals surface area contributed by atoms with E-state index in [9.17, 15) is 14.9 Å². The van der Waals surface area contributed by atoms with Crippen LogP contribution in [0, 0.1) is 51.0 Å². The molecule has 0 unspecified atom stereocenters. The van der Waals surface area contributed by atoms with E-state index in [2.05, 4.69) is 32.9 Å². The van der Waals surface area contributed by atoms with Crippen molar-refractivity contribution in [1.29, 1.82) is 0 Å². The van der Waals surface area contributed by atoms with Gasteiger partial charge in [-0.15, -0.1) is 0 Å². The van der Waals surface area contributed by atoms with Crippen molar-refractivity contribution in [3.63, 3.8) is 0 Å². The zero-order valence-corrected chi connectivity index (χ0v) is 22.1. The van der Waals surface area contributed by atoms with Crippen LogP contribution >= 0.6 is 0 Å². The second-order valence-corrected chi connectivity index (χ2v) is 12.7. The number of ether oxygens (including phenoxy) is 3. The Morgan fingerprint density at radius 2 is 1.86 bits per heavy atom. The highest BCUT2D eigenvalue weighted by atomic mass is 16.7. The standard InChI is InChI=1S/C30H39NO6/c1-18-12-15-30(35-17-18)19(2)24-10-11-26-25(27(24)37-30)9-6-21-16-23(13-14-29(21,26)3)36-28(32)20-4-7-22(8-5-20)31(33)34/h4-9,18-19,21,23-27H,10-17H2,1-3H3/t18-,19-,21-,23-,24+,25-,26+,27+,29-,30+/m0/s1. The summed E-state index contributed by atoms with van der Waals surface area (Å²) in [5, 5.41) is 10.9. The first-order valence-corrected chi connectivity index (χ1v) is 14.2. The SMILES string of the molecule is C[C@H]1CC[C@@]2(OC1)O[C@H]1[C@H]3C=C[C@H]4C[C@@H](OC(=O)c5ccc([N+](=O)[O-])cc5)CC[C@]4(C)[C@@H]3CC[C@@H]1[C@@H]2C. The van der Waals surface area contributed by atoms with Crippen molar-refractivity contribution in [2.45, 2.75) is 83.7 Å². The Kier molecular flexibility index (Phi) is 6.22. The van der Waals surface area contributed by atoms with E-state index < -0.39 is 16.7 Å². The van der Waals surface area contributed by atoms with Crippen LogP contribution in [0.1, 0.15) is 76.1 Å². The van der Waals surface area contributed by atoms with E-state index in [4.69, 9.17) is 14.2 Å². The molecular weight excluding hydrogens is 470 g/mol. The maximum atomic E-state index is 12.7. The van der Waals surface area contributed by atoms with E-state index in [0.717, 1.165) is 32.3 Å². The maximum Gasteiger partial charge on any atom is 0.338 e. The van der Waals surface area contributed by atoms with Gasteiger partial charge >= 0.3 is 5.97 Å². The Hall–Kier alpha value is -2.25. The Labute approximate surface area is 219 Å². The largest absolute Gasteiger partial charge is 0.459 e. The predicted octanol–water partition coefficient (Wildman–Crippen LogP) is 6.32. The van der Waals surface area contributed by atoms with Gasteiger partial charge in [0.25, 0.3) is 5.69 Å². The summed E-state index contributed by atoms with van der Waals surface area (Å²) in [5.41, 5.74) is 0.500. The first-order chi connectivity index (χ1) is 17.7. The molecule has 2 saturated heterocycles. The number of rotatable bonds is 3. The van der Waals surface area contributed by atoms with Crippen LogP contribution in [0.15, 0.2) is 36.4 Å². The van der Waals surface area contributed by atoms with E-state index in [0.29, 0.717) is 41.1 Å². The minimum absolute atomic E-state index is 0.0298. The number of allylic oxidation sites excluding steroid dienone is 1. The van der Waals surface area contributed by atoms with Gasteiger partial charge in [-0.25, -0.2) is 4.79 Å². The van der Waals surface area contributed by atoms with Crippen LogP contribution in [0.2, 0.25) is 0 Å². The molecule has 1 aromatic carbocycles. The first-order valence-electron chi connectivity index (χ1n) is 14.2. The highest BCUT2D eigenvalue weighted by Gasteiger charge is 2.61. The molecule has 0 aromatic heterocycles. The third-order valence-corrected chi connectivity index (χ3v) is 10.7. The number of benzene rings is 1. The van der Waals surface area contributed by atoms with Crippen molar-refractivity contribution in [3.8, 4) is 0 Å². The van der Waals surface area contributed by atoms with Crippen molar-refractivity contribution >= 4 is 11.7 Å². The number of nitro benzene ring substituents is 1. The fourth-order valence-electron chi connectivity index (χ4n) is 8.35. The van der Waals surface area contributed by atoms with Gasteiger partial charge in [-0.3, -0.25) is 10.1 Å². The van der Waals surface area contributed by atoms with Gasteiger partial charge in [0, 0.05) is 30.4 Å². The summed E-state index contributed by atoms with van der Waals surface area (Å²) in [6.45, 7) is 7.86. The van der Waals surface area contributed by atoms with Crippen molar-refractivity contribution in [2.24, 2.45) is 40.9 Å². The molecule has 5 aliphatic rings. The highest BCUT2D eigenvalue weighted by molar-refractivity contribution is 5.89.